The van der Waals surface area contributed by atoms with Gasteiger partial charge in [-0.1, -0.05) is 15.9 Å². The van der Waals surface area contributed by atoms with Crippen LogP contribution in [-0.2, 0) is 0 Å². The Morgan fingerprint density at radius 2 is 2.07 bits per heavy atom. The largest absolute Gasteiger partial charge is 0.425 e. The molecule has 1 heterocycles. The minimum atomic E-state index is -0.990. The quantitative estimate of drug-likeness (QED) is 0.538. The Morgan fingerprint density at radius 3 is 2.79 bits per heavy atom. The second-order valence-electron chi connectivity index (χ2n) is 2.73. The fraction of sp³-hybridized carbons (Fsp3) is 0. The molecule has 0 saturated heterocycles. The number of aromatic nitrogens is 2. The molecule has 14 heavy (non-hydrogen) atoms. The SMILES string of the molecule is O=c1[nH]c2ccc(Br)cc2n(O)c1=O. The van der Waals surface area contributed by atoms with E-state index in [9.17, 15) is 14.8 Å². The highest BCUT2D eigenvalue weighted by atomic mass is 79.9. The minimum Gasteiger partial charge on any atom is -0.425 e. The van der Waals surface area contributed by atoms with Crippen molar-refractivity contribution in [2.24, 2.45) is 0 Å². The third-order valence-corrected chi connectivity index (χ3v) is 2.32. The van der Waals surface area contributed by atoms with Gasteiger partial charge in [-0.25, -0.2) is 0 Å². The van der Waals surface area contributed by atoms with Gasteiger partial charge in [0.15, 0.2) is 0 Å². The van der Waals surface area contributed by atoms with Crippen LogP contribution in [0.25, 0.3) is 11.0 Å². The summed E-state index contributed by atoms with van der Waals surface area (Å²) in [6.07, 6.45) is 0. The van der Waals surface area contributed by atoms with E-state index >= 15 is 0 Å². The fourth-order valence-corrected chi connectivity index (χ4v) is 1.52. The van der Waals surface area contributed by atoms with E-state index in [1.165, 1.54) is 6.07 Å². The number of aromatic amines is 1. The first-order valence-electron chi connectivity index (χ1n) is 3.73. The molecule has 0 aliphatic rings. The van der Waals surface area contributed by atoms with Gasteiger partial charge in [-0.15, -0.1) is 4.73 Å². The van der Waals surface area contributed by atoms with Crippen LogP contribution in [0.3, 0.4) is 0 Å². The van der Waals surface area contributed by atoms with E-state index in [1.807, 2.05) is 0 Å². The number of nitrogens with zero attached hydrogens (tertiary/aromatic N) is 1. The number of hydrogen-bond acceptors (Lipinski definition) is 3. The van der Waals surface area contributed by atoms with Gasteiger partial charge >= 0.3 is 11.1 Å². The number of rotatable bonds is 0. The van der Waals surface area contributed by atoms with Crippen molar-refractivity contribution in [3.63, 3.8) is 0 Å². The van der Waals surface area contributed by atoms with Gasteiger partial charge < -0.3 is 10.2 Å². The number of benzene rings is 1. The number of halogens is 1. The third-order valence-electron chi connectivity index (χ3n) is 1.82. The van der Waals surface area contributed by atoms with Gasteiger partial charge in [0.25, 0.3) is 0 Å². The Hall–Kier alpha value is -1.56. The molecule has 0 amide bonds. The standard InChI is InChI=1S/C8H5BrN2O3/c9-4-1-2-5-6(3-4)11(14)8(13)7(12)10-5/h1-3,14H,(H,10,12). The molecular weight excluding hydrogens is 252 g/mol. The zero-order chi connectivity index (χ0) is 10.3. The highest BCUT2D eigenvalue weighted by Gasteiger charge is 2.05. The molecule has 2 N–H and O–H groups in total. The van der Waals surface area contributed by atoms with Crippen LogP contribution in [0.2, 0.25) is 0 Å². The lowest BCUT2D eigenvalue weighted by Crippen LogP contribution is -2.35. The van der Waals surface area contributed by atoms with E-state index in [0.717, 1.165) is 0 Å². The molecule has 0 atom stereocenters. The second kappa shape index (κ2) is 2.98. The summed E-state index contributed by atoms with van der Waals surface area (Å²) in [6, 6.07) is 4.82. The Kier molecular flexibility index (Phi) is 1.92. The monoisotopic (exact) mass is 256 g/mol. The maximum atomic E-state index is 11.0. The van der Waals surface area contributed by atoms with E-state index in [1.54, 1.807) is 12.1 Å². The summed E-state index contributed by atoms with van der Waals surface area (Å²) >= 11 is 3.19. The Balaban J connectivity index is 3.07. The maximum Gasteiger partial charge on any atom is 0.348 e. The fourth-order valence-electron chi connectivity index (χ4n) is 1.17. The summed E-state index contributed by atoms with van der Waals surface area (Å²) in [5.41, 5.74) is -1.18. The van der Waals surface area contributed by atoms with Crippen molar-refractivity contribution in [1.82, 2.24) is 9.71 Å². The van der Waals surface area contributed by atoms with E-state index < -0.39 is 11.1 Å². The van der Waals surface area contributed by atoms with Crippen LogP contribution in [0.4, 0.5) is 0 Å². The highest BCUT2D eigenvalue weighted by molar-refractivity contribution is 9.10. The number of H-pyrrole nitrogens is 1. The predicted octanol–water partition coefficient (Wildman–Crippen LogP) is 0.690. The third kappa shape index (κ3) is 1.24. The van der Waals surface area contributed by atoms with Crippen LogP contribution >= 0.6 is 15.9 Å². The van der Waals surface area contributed by atoms with E-state index in [4.69, 9.17) is 0 Å². The number of hydrogen-bond donors (Lipinski definition) is 2. The molecule has 72 valence electrons. The van der Waals surface area contributed by atoms with Gasteiger partial charge in [0.2, 0.25) is 0 Å². The van der Waals surface area contributed by atoms with Crippen LogP contribution < -0.4 is 11.1 Å². The topological polar surface area (TPSA) is 75.1 Å². The zero-order valence-corrected chi connectivity index (χ0v) is 8.41. The molecule has 0 spiro atoms. The summed E-state index contributed by atoms with van der Waals surface area (Å²) in [6.45, 7) is 0. The lowest BCUT2D eigenvalue weighted by atomic mass is 10.3. The highest BCUT2D eigenvalue weighted by Crippen LogP contribution is 2.15. The van der Waals surface area contributed by atoms with Crippen molar-refractivity contribution in [2.45, 2.75) is 0 Å². The van der Waals surface area contributed by atoms with E-state index in [0.29, 0.717) is 14.7 Å². The van der Waals surface area contributed by atoms with Crippen molar-refractivity contribution in [3.05, 3.63) is 43.4 Å². The van der Waals surface area contributed by atoms with Gasteiger partial charge in [0.1, 0.15) is 5.52 Å². The Labute approximate surface area is 85.7 Å². The molecule has 5 nitrogen and oxygen atoms in total. The van der Waals surface area contributed by atoms with E-state index in [2.05, 4.69) is 20.9 Å². The molecular formula is C8H5BrN2O3. The van der Waals surface area contributed by atoms with Crippen LogP contribution in [0.15, 0.2) is 32.3 Å². The summed E-state index contributed by atoms with van der Waals surface area (Å²) in [5.74, 6) is 0. The second-order valence-corrected chi connectivity index (χ2v) is 3.65. The Bertz CT molecular complexity index is 614. The lowest BCUT2D eigenvalue weighted by Gasteiger charge is -2.01. The van der Waals surface area contributed by atoms with Crippen LogP contribution in [0.1, 0.15) is 0 Å². The van der Waals surface area contributed by atoms with Crippen molar-refractivity contribution < 1.29 is 5.21 Å². The first-order chi connectivity index (χ1) is 6.59. The molecule has 2 aromatic rings. The normalized spacial score (nSPS) is 10.6. The van der Waals surface area contributed by atoms with E-state index in [-0.39, 0.29) is 5.52 Å². The molecule has 1 aromatic carbocycles. The number of fused-ring (bicyclic) bond motifs is 1. The molecule has 0 radical (unpaired) electrons. The van der Waals surface area contributed by atoms with Crippen LogP contribution in [0, 0.1) is 0 Å². The summed E-state index contributed by atoms with van der Waals surface area (Å²) in [5, 5.41) is 9.33. The van der Waals surface area contributed by atoms with Crippen molar-refractivity contribution >= 4 is 27.0 Å². The molecule has 0 aliphatic heterocycles. The Morgan fingerprint density at radius 1 is 1.36 bits per heavy atom. The average Bonchev–Trinajstić information content (AvgIpc) is 2.16. The van der Waals surface area contributed by atoms with Gasteiger partial charge in [-0.3, -0.25) is 9.59 Å². The predicted molar refractivity (Wildman–Crippen MR) is 53.7 cm³/mol. The van der Waals surface area contributed by atoms with Gasteiger partial charge in [-0.05, 0) is 18.2 Å². The maximum absolute atomic E-state index is 11.0. The van der Waals surface area contributed by atoms with Gasteiger partial charge in [0.05, 0.1) is 5.52 Å². The van der Waals surface area contributed by atoms with Crippen molar-refractivity contribution in [3.8, 4) is 0 Å². The molecule has 0 saturated carbocycles. The van der Waals surface area contributed by atoms with Gasteiger partial charge in [0, 0.05) is 4.47 Å². The van der Waals surface area contributed by atoms with Crippen molar-refractivity contribution in [2.75, 3.05) is 0 Å². The number of nitrogens with one attached hydrogen (secondary N) is 1. The molecule has 1 aromatic heterocycles. The molecule has 0 fully saturated rings. The summed E-state index contributed by atoms with van der Waals surface area (Å²) < 4.78 is 1.04. The first-order valence-corrected chi connectivity index (χ1v) is 4.53. The van der Waals surface area contributed by atoms with Crippen LogP contribution in [-0.4, -0.2) is 14.9 Å². The smallest absolute Gasteiger partial charge is 0.348 e. The molecule has 6 heteroatoms. The molecule has 0 bridgehead atoms. The molecule has 2 rings (SSSR count). The van der Waals surface area contributed by atoms with Crippen LogP contribution in [0.5, 0.6) is 0 Å². The zero-order valence-electron chi connectivity index (χ0n) is 6.82. The first kappa shape index (κ1) is 9.01. The van der Waals surface area contributed by atoms with Crippen molar-refractivity contribution in [1.29, 1.82) is 0 Å². The average molecular weight is 257 g/mol. The minimum absolute atomic E-state index is 0.254. The molecule has 0 aliphatic carbocycles. The summed E-state index contributed by atoms with van der Waals surface area (Å²) in [7, 11) is 0. The lowest BCUT2D eigenvalue weighted by molar-refractivity contribution is 0.186. The molecule has 0 unspecified atom stereocenters. The van der Waals surface area contributed by atoms with Gasteiger partial charge in [-0.2, -0.15) is 0 Å². The summed E-state index contributed by atoms with van der Waals surface area (Å²) in [4.78, 5) is 24.4.